The van der Waals surface area contributed by atoms with Crippen molar-refractivity contribution in [1.29, 1.82) is 0 Å². The molecule has 3 amide bonds. The van der Waals surface area contributed by atoms with Crippen LogP contribution in [0, 0.1) is 0 Å². The Balaban J connectivity index is 1.76. The van der Waals surface area contributed by atoms with Crippen LogP contribution in [0.25, 0.3) is 10.9 Å². The van der Waals surface area contributed by atoms with Crippen molar-refractivity contribution < 1.29 is 34.2 Å². The molecule has 4 unspecified atom stereocenters. The first-order valence-electron chi connectivity index (χ1n) is 13.9. The van der Waals surface area contributed by atoms with Gasteiger partial charge in [-0.15, -0.1) is 0 Å². The molecule has 3 aromatic rings. The van der Waals surface area contributed by atoms with Gasteiger partial charge in [0.15, 0.2) is 0 Å². The van der Waals surface area contributed by atoms with Crippen molar-refractivity contribution in [3.8, 4) is 0 Å². The highest BCUT2D eigenvalue weighted by Gasteiger charge is 2.31. The van der Waals surface area contributed by atoms with Gasteiger partial charge in [-0.1, -0.05) is 24.6 Å². The van der Waals surface area contributed by atoms with E-state index in [4.69, 9.17) is 11.5 Å². The van der Waals surface area contributed by atoms with E-state index < -0.39 is 60.2 Å². The number of carbonyl (C=O) groups excluding carboxylic acids is 3. The number of hydrogen-bond donors (Lipinski definition) is 9. The number of nitrogens with one attached hydrogen (secondary N) is 5. The van der Waals surface area contributed by atoms with E-state index >= 15 is 0 Å². The molecule has 2 aromatic heterocycles. The number of carboxylic acids is 2. The van der Waals surface area contributed by atoms with Crippen molar-refractivity contribution in [3.63, 3.8) is 0 Å². The topological polar surface area (TPSA) is 258 Å². The van der Waals surface area contributed by atoms with Crippen LogP contribution in [0.15, 0.2) is 43.0 Å². The number of benzene rings is 1. The Labute approximate surface area is 247 Å². The number of aromatic nitrogens is 3. The highest BCUT2D eigenvalue weighted by molar-refractivity contribution is 5.94. The minimum atomic E-state index is -1.33. The summed E-state index contributed by atoms with van der Waals surface area (Å²) in [5.74, 6) is -4.74. The highest BCUT2D eigenvalue weighted by atomic mass is 16.4. The average molecular weight is 599 g/mol. The van der Waals surface area contributed by atoms with Gasteiger partial charge in [-0.25, -0.2) is 9.78 Å². The molecule has 0 aliphatic carbocycles. The summed E-state index contributed by atoms with van der Waals surface area (Å²) in [6.07, 6.45) is 5.23. The molecular formula is C28H38N8O7. The average Bonchev–Trinajstić information content (AvgIpc) is 3.64. The molecule has 43 heavy (non-hydrogen) atoms. The number of imidazole rings is 1. The predicted molar refractivity (Wildman–Crippen MR) is 155 cm³/mol. The van der Waals surface area contributed by atoms with Gasteiger partial charge in [0.25, 0.3) is 0 Å². The SMILES string of the molecule is NCCCCC(N)C(=O)NC(CCC(=O)O)C(=O)NC(Cc1cnc[nH]1)C(=O)NC(Cc1c[nH]c2ccccc12)C(=O)O. The number of hydrogen-bond acceptors (Lipinski definition) is 8. The summed E-state index contributed by atoms with van der Waals surface area (Å²) in [6, 6.07) is 2.44. The molecular weight excluding hydrogens is 560 g/mol. The molecule has 0 fully saturated rings. The summed E-state index contributed by atoms with van der Waals surface area (Å²) < 4.78 is 0. The molecule has 2 heterocycles. The fourth-order valence-corrected chi connectivity index (χ4v) is 4.55. The molecule has 0 spiro atoms. The Morgan fingerprint density at radius 2 is 1.56 bits per heavy atom. The van der Waals surface area contributed by atoms with E-state index in [2.05, 4.69) is 30.9 Å². The first kappa shape index (κ1) is 32.8. The number of nitrogens with zero attached hydrogens (tertiary/aromatic N) is 1. The lowest BCUT2D eigenvalue weighted by Gasteiger charge is -2.25. The molecule has 0 bridgehead atoms. The van der Waals surface area contributed by atoms with E-state index in [1.54, 1.807) is 6.20 Å². The molecule has 0 saturated carbocycles. The van der Waals surface area contributed by atoms with Gasteiger partial charge in [-0.2, -0.15) is 0 Å². The summed E-state index contributed by atoms with van der Waals surface area (Å²) in [5.41, 5.74) is 13.4. The lowest BCUT2D eigenvalue weighted by molar-refractivity contribution is -0.142. The molecule has 1 aromatic carbocycles. The second kappa shape index (κ2) is 16.0. The van der Waals surface area contributed by atoms with Gasteiger partial charge in [0.2, 0.25) is 17.7 Å². The van der Waals surface area contributed by atoms with Crippen LogP contribution in [0.4, 0.5) is 0 Å². The normalized spacial score (nSPS) is 13.9. The maximum absolute atomic E-state index is 13.4. The van der Waals surface area contributed by atoms with Gasteiger partial charge in [0.05, 0.1) is 12.4 Å². The van der Waals surface area contributed by atoms with Gasteiger partial charge in [-0.05, 0) is 37.4 Å². The molecule has 15 nitrogen and oxygen atoms in total. The van der Waals surface area contributed by atoms with Crippen LogP contribution in [0.2, 0.25) is 0 Å². The van der Waals surface area contributed by atoms with Gasteiger partial charge >= 0.3 is 11.9 Å². The number of aliphatic carboxylic acids is 2. The van der Waals surface area contributed by atoms with Crippen LogP contribution in [0.3, 0.4) is 0 Å². The number of aromatic amines is 2. The van der Waals surface area contributed by atoms with E-state index in [1.165, 1.54) is 12.5 Å². The zero-order chi connectivity index (χ0) is 31.4. The largest absolute Gasteiger partial charge is 0.481 e. The van der Waals surface area contributed by atoms with Gasteiger partial charge < -0.3 is 47.6 Å². The molecule has 11 N–H and O–H groups in total. The fraction of sp³-hybridized carbons (Fsp3) is 0.429. The third-order valence-corrected chi connectivity index (χ3v) is 6.91. The molecule has 15 heteroatoms. The van der Waals surface area contributed by atoms with Crippen LogP contribution in [0.5, 0.6) is 0 Å². The van der Waals surface area contributed by atoms with Crippen molar-refractivity contribution in [1.82, 2.24) is 30.9 Å². The molecule has 0 radical (unpaired) electrons. The summed E-state index contributed by atoms with van der Waals surface area (Å²) in [7, 11) is 0. The molecule has 0 aliphatic rings. The van der Waals surface area contributed by atoms with Crippen LogP contribution in [-0.2, 0) is 36.8 Å². The number of unbranched alkanes of at least 4 members (excludes halogenated alkanes) is 1. The van der Waals surface area contributed by atoms with Gasteiger partial charge in [-0.3, -0.25) is 19.2 Å². The number of carbonyl (C=O) groups is 5. The third kappa shape index (κ3) is 9.93. The minimum Gasteiger partial charge on any atom is -0.481 e. The number of H-pyrrole nitrogens is 2. The van der Waals surface area contributed by atoms with Crippen molar-refractivity contribution in [2.45, 2.75) is 69.1 Å². The lowest BCUT2D eigenvalue weighted by Crippen LogP contribution is -2.58. The number of carboxylic acid groups (broad SMARTS) is 2. The fourth-order valence-electron chi connectivity index (χ4n) is 4.55. The maximum Gasteiger partial charge on any atom is 0.326 e. The predicted octanol–water partition coefficient (Wildman–Crippen LogP) is -0.464. The van der Waals surface area contributed by atoms with Gasteiger partial charge in [0.1, 0.15) is 18.1 Å². The number of para-hydroxylation sites is 1. The Morgan fingerprint density at radius 3 is 2.23 bits per heavy atom. The van der Waals surface area contributed by atoms with Crippen molar-refractivity contribution in [2.24, 2.45) is 11.5 Å². The summed E-state index contributed by atoms with van der Waals surface area (Å²) in [6.45, 7) is 0.433. The Bertz CT molecular complexity index is 1390. The van der Waals surface area contributed by atoms with Crippen LogP contribution in [0.1, 0.15) is 43.4 Å². The quantitative estimate of drug-likeness (QED) is 0.0851. The first-order valence-corrected chi connectivity index (χ1v) is 13.9. The van der Waals surface area contributed by atoms with Crippen LogP contribution >= 0.6 is 0 Å². The van der Waals surface area contributed by atoms with Crippen molar-refractivity contribution in [2.75, 3.05) is 6.54 Å². The molecule has 3 rings (SSSR count). The second-order valence-corrected chi connectivity index (χ2v) is 10.2. The highest BCUT2D eigenvalue weighted by Crippen LogP contribution is 2.19. The lowest BCUT2D eigenvalue weighted by atomic mass is 10.0. The monoisotopic (exact) mass is 598 g/mol. The second-order valence-electron chi connectivity index (χ2n) is 10.2. The van der Waals surface area contributed by atoms with E-state index in [-0.39, 0.29) is 19.3 Å². The molecule has 0 saturated heterocycles. The Hall–Kier alpha value is -4.76. The molecule has 4 atom stereocenters. The zero-order valence-corrected chi connectivity index (χ0v) is 23.5. The molecule has 0 aliphatic heterocycles. The van der Waals surface area contributed by atoms with Crippen LogP contribution < -0.4 is 27.4 Å². The van der Waals surface area contributed by atoms with E-state index in [0.717, 1.165) is 10.9 Å². The smallest absolute Gasteiger partial charge is 0.326 e. The van der Waals surface area contributed by atoms with Crippen molar-refractivity contribution in [3.05, 3.63) is 54.2 Å². The molecule has 232 valence electrons. The summed E-state index contributed by atoms with van der Waals surface area (Å²) in [4.78, 5) is 72.7. The van der Waals surface area contributed by atoms with Crippen molar-refractivity contribution >= 4 is 40.6 Å². The third-order valence-electron chi connectivity index (χ3n) is 6.91. The van der Waals surface area contributed by atoms with E-state index in [9.17, 15) is 34.2 Å². The minimum absolute atomic E-state index is 0.0326. The number of nitrogens with two attached hydrogens (primary N) is 2. The first-order chi connectivity index (χ1) is 20.6. The number of fused-ring (bicyclic) bond motifs is 1. The standard InChI is InChI=1S/C28H38N8O7/c29-10-4-3-6-19(30)25(39)34-21(8-9-24(37)38)26(40)35-22(12-17-14-31-15-33-17)27(41)36-23(28(42)43)11-16-13-32-20-7-2-1-5-18(16)20/h1-2,5,7,13-15,19,21-23,32H,3-4,6,8-12,29-30H2,(H,31,33)(H,34,39)(H,35,40)(H,36,41)(H,37,38)(H,42,43). The van der Waals surface area contributed by atoms with Gasteiger partial charge in [0, 0.05) is 48.3 Å². The maximum atomic E-state index is 13.4. The zero-order valence-electron chi connectivity index (χ0n) is 23.5. The Kier molecular flexibility index (Phi) is 12.2. The summed E-state index contributed by atoms with van der Waals surface area (Å²) in [5, 5.41) is 27.4. The van der Waals surface area contributed by atoms with E-state index in [0.29, 0.717) is 37.1 Å². The number of rotatable bonds is 18. The van der Waals surface area contributed by atoms with Crippen LogP contribution in [-0.4, -0.2) is 85.5 Å². The number of amides is 3. The Morgan fingerprint density at radius 1 is 0.860 bits per heavy atom. The van der Waals surface area contributed by atoms with E-state index in [1.807, 2.05) is 24.3 Å². The summed E-state index contributed by atoms with van der Waals surface area (Å²) >= 11 is 0.